The maximum Gasteiger partial charge on any atom is 0.326 e. The second-order valence-electron chi connectivity index (χ2n) is 4.70. The highest BCUT2D eigenvalue weighted by Crippen LogP contribution is 2.10. The van der Waals surface area contributed by atoms with Crippen LogP contribution in [0.2, 0.25) is 0 Å². The van der Waals surface area contributed by atoms with E-state index in [0.29, 0.717) is 18.8 Å². The molecular weight excluding hydrogens is 218 g/mol. The molecule has 0 saturated carbocycles. The first-order chi connectivity index (χ1) is 8.01. The monoisotopic (exact) mass is 243 g/mol. The molecule has 0 aromatic rings. The van der Waals surface area contributed by atoms with Crippen molar-refractivity contribution in [1.29, 1.82) is 0 Å². The third-order valence-electron chi connectivity index (χ3n) is 2.79. The summed E-state index contributed by atoms with van der Waals surface area (Å²) in [7, 11) is 0. The molecule has 0 spiro atoms. The number of amides is 1. The Morgan fingerprint density at radius 3 is 2.29 bits per heavy atom. The molecule has 0 bridgehead atoms. The Bertz CT molecular complexity index is 241. The minimum Gasteiger partial charge on any atom is -0.480 e. The van der Waals surface area contributed by atoms with Crippen molar-refractivity contribution < 1.29 is 14.7 Å². The van der Waals surface area contributed by atoms with Crippen molar-refractivity contribution in [2.75, 3.05) is 0 Å². The number of nitrogens with one attached hydrogen (secondary N) is 1. The first-order valence-corrected chi connectivity index (χ1v) is 6.53. The summed E-state index contributed by atoms with van der Waals surface area (Å²) in [5, 5.41) is 11.6. The van der Waals surface area contributed by atoms with Gasteiger partial charge in [-0.25, -0.2) is 4.79 Å². The molecule has 17 heavy (non-hydrogen) atoms. The van der Waals surface area contributed by atoms with Crippen LogP contribution < -0.4 is 5.32 Å². The van der Waals surface area contributed by atoms with Gasteiger partial charge in [-0.1, -0.05) is 46.5 Å². The van der Waals surface area contributed by atoms with Crippen molar-refractivity contribution in [1.82, 2.24) is 5.32 Å². The summed E-state index contributed by atoms with van der Waals surface area (Å²) >= 11 is 0. The zero-order valence-electron chi connectivity index (χ0n) is 11.2. The van der Waals surface area contributed by atoms with Gasteiger partial charge < -0.3 is 10.4 Å². The lowest BCUT2D eigenvalue weighted by Gasteiger charge is -2.16. The molecule has 0 saturated heterocycles. The SMILES string of the molecule is CCCCC(NC(=O)CC(C)CCC)C(=O)O. The summed E-state index contributed by atoms with van der Waals surface area (Å²) in [5.74, 6) is -0.759. The number of carboxylic acid groups (broad SMARTS) is 1. The highest BCUT2D eigenvalue weighted by atomic mass is 16.4. The van der Waals surface area contributed by atoms with E-state index < -0.39 is 12.0 Å². The van der Waals surface area contributed by atoms with Crippen molar-refractivity contribution in [2.45, 2.75) is 65.3 Å². The second-order valence-corrected chi connectivity index (χ2v) is 4.70. The van der Waals surface area contributed by atoms with E-state index in [1.54, 1.807) is 0 Å². The first kappa shape index (κ1) is 15.9. The summed E-state index contributed by atoms with van der Waals surface area (Å²) < 4.78 is 0. The summed E-state index contributed by atoms with van der Waals surface area (Å²) in [5.41, 5.74) is 0. The summed E-state index contributed by atoms with van der Waals surface area (Å²) in [6, 6.07) is -0.726. The van der Waals surface area contributed by atoms with Gasteiger partial charge in [-0.2, -0.15) is 0 Å². The number of carboxylic acids is 1. The molecule has 4 heteroatoms. The van der Waals surface area contributed by atoms with Crippen LogP contribution in [0.1, 0.15) is 59.3 Å². The minimum atomic E-state index is -0.935. The molecule has 100 valence electrons. The fourth-order valence-electron chi connectivity index (χ4n) is 1.83. The normalized spacial score (nSPS) is 14.1. The van der Waals surface area contributed by atoms with Gasteiger partial charge in [0.2, 0.25) is 5.91 Å². The molecule has 0 aliphatic rings. The van der Waals surface area contributed by atoms with Crippen LogP contribution in [0, 0.1) is 5.92 Å². The fourth-order valence-corrected chi connectivity index (χ4v) is 1.83. The summed E-state index contributed by atoms with van der Waals surface area (Å²) in [4.78, 5) is 22.6. The highest BCUT2D eigenvalue weighted by Gasteiger charge is 2.19. The number of carbonyl (C=O) groups is 2. The molecule has 0 radical (unpaired) electrons. The lowest BCUT2D eigenvalue weighted by molar-refractivity contribution is -0.142. The van der Waals surface area contributed by atoms with Crippen molar-refractivity contribution >= 4 is 11.9 Å². The van der Waals surface area contributed by atoms with Crippen molar-refractivity contribution in [3.63, 3.8) is 0 Å². The number of carbonyl (C=O) groups excluding carboxylic acids is 1. The molecule has 2 N–H and O–H groups in total. The molecule has 0 aliphatic heterocycles. The van der Waals surface area contributed by atoms with Gasteiger partial charge in [0.05, 0.1) is 0 Å². The Kier molecular flexibility index (Phi) is 8.46. The molecule has 0 rings (SSSR count). The number of hydrogen-bond donors (Lipinski definition) is 2. The molecule has 0 aromatic heterocycles. The molecule has 0 aromatic carbocycles. The van der Waals surface area contributed by atoms with Crippen LogP contribution in [0.25, 0.3) is 0 Å². The summed E-state index contributed by atoms with van der Waals surface area (Å²) in [6.07, 6.45) is 4.74. The topological polar surface area (TPSA) is 66.4 Å². The Balaban J connectivity index is 4.07. The predicted molar refractivity (Wildman–Crippen MR) is 67.8 cm³/mol. The predicted octanol–water partition coefficient (Wildman–Crippen LogP) is 2.57. The zero-order chi connectivity index (χ0) is 13.3. The van der Waals surface area contributed by atoms with Crippen molar-refractivity contribution in [2.24, 2.45) is 5.92 Å². The molecular formula is C13H25NO3. The number of hydrogen-bond acceptors (Lipinski definition) is 2. The van der Waals surface area contributed by atoms with E-state index in [1.165, 1.54) is 0 Å². The van der Waals surface area contributed by atoms with Gasteiger partial charge in [0.25, 0.3) is 0 Å². The number of unbranched alkanes of at least 4 members (excludes halogenated alkanes) is 1. The minimum absolute atomic E-state index is 0.144. The van der Waals surface area contributed by atoms with E-state index in [4.69, 9.17) is 5.11 Å². The molecule has 0 heterocycles. The summed E-state index contributed by atoms with van der Waals surface area (Å²) in [6.45, 7) is 6.10. The van der Waals surface area contributed by atoms with E-state index in [2.05, 4.69) is 12.2 Å². The number of rotatable bonds is 9. The van der Waals surface area contributed by atoms with Gasteiger partial charge in [-0.3, -0.25) is 4.79 Å². The van der Waals surface area contributed by atoms with Crippen LogP contribution in [0.15, 0.2) is 0 Å². The highest BCUT2D eigenvalue weighted by molar-refractivity contribution is 5.83. The van der Waals surface area contributed by atoms with E-state index in [9.17, 15) is 9.59 Å². The lowest BCUT2D eigenvalue weighted by atomic mass is 10.0. The Labute approximate surface area is 104 Å². The standard InChI is InChI=1S/C13H25NO3/c1-4-6-8-11(13(16)17)14-12(15)9-10(3)7-5-2/h10-11H,4-9H2,1-3H3,(H,14,15)(H,16,17). The molecule has 2 atom stereocenters. The second kappa shape index (κ2) is 9.02. The molecule has 4 nitrogen and oxygen atoms in total. The molecule has 0 aliphatic carbocycles. The van der Waals surface area contributed by atoms with Gasteiger partial charge in [-0.15, -0.1) is 0 Å². The third-order valence-corrected chi connectivity index (χ3v) is 2.79. The van der Waals surface area contributed by atoms with Gasteiger partial charge in [0.15, 0.2) is 0 Å². The zero-order valence-corrected chi connectivity index (χ0v) is 11.2. The first-order valence-electron chi connectivity index (χ1n) is 6.53. The lowest BCUT2D eigenvalue weighted by Crippen LogP contribution is -2.41. The van der Waals surface area contributed by atoms with E-state index >= 15 is 0 Å². The smallest absolute Gasteiger partial charge is 0.326 e. The van der Waals surface area contributed by atoms with Gasteiger partial charge in [0, 0.05) is 6.42 Å². The quantitative estimate of drug-likeness (QED) is 0.654. The van der Waals surface area contributed by atoms with E-state index in [-0.39, 0.29) is 5.91 Å². The van der Waals surface area contributed by atoms with Crippen LogP contribution in [0.5, 0.6) is 0 Å². The Morgan fingerprint density at radius 2 is 1.82 bits per heavy atom. The van der Waals surface area contributed by atoms with Gasteiger partial charge >= 0.3 is 5.97 Å². The van der Waals surface area contributed by atoms with Crippen LogP contribution in [0.4, 0.5) is 0 Å². The average molecular weight is 243 g/mol. The van der Waals surface area contributed by atoms with Gasteiger partial charge in [0.1, 0.15) is 6.04 Å². The van der Waals surface area contributed by atoms with E-state index in [0.717, 1.165) is 25.7 Å². The fraction of sp³-hybridized carbons (Fsp3) is 0.846. The van der Waals surface area contributed by atoms with Crippen molar-refractivity contribution in [3.8, 4) is 0 Å². The van der Waals surface area contributed by atoms with Gasteiger partial charge in [-0.05, 0) is 12.3 Å². The van der Waals surface area contributed by atoms with Crippen molar-refractivity contribution in [3.05, 3.63) is 0 Å². The van der Waals surface area contributed by atoms with Crippen LogP contribution >= 0.6 is 0 Å². The van der Waals surface area contributed by atoms with Crippen LogP contribution in [-0.4, -0.2) is 23.0 Å². The van der Waals surface area contributed by atoms with Crippen LogP contribution in [0.3, 0.4) is 0 Å². The van der Waals surface area contributed by atoms with E-state index in [1.807, 2.05) is 13.8 Å². The Morgan fingerprint density at radius 1 is 1.18 bits per heavy atom. The molecule has 0 fully saturated rings. The van der Waals surface area contributed by atoms with Crippen LogP contribution in [-0.2, 0) is 9.59 Å². The molecule has 2 unspecified atom stereocenters. The average Bonchev–Trinajstić information content (AvgIpc) is 2.23. The third kappa shape index (κ3) is 7.77. The number of aliphatic carboxylic acids is 1. The maximum absolute atomic E-state index is 11.6. The molecule has 1 amide bonds. The largest absolute Gasteiger partial charge is 0.480 e. The Hall–Kier alpha value is -1.06. The maximum atomic E-state index is 11.6.